The van der Waals surface area contributed by atoms with Gasteiger partial charge in [0.1, 0.15) is 5.75 Å². The van der Waals surface area contributed by atoms with Gasteiger partial charge < -0.3 is 10.1 Å². The Morgan fingerprint density at radius 1 is 1.14 bits per heavy atom. The van der Waals surface area contributed by atoms with Gasteiger partial charge >= 0.3 is 0 Å². The highest BCUT2D eigenvalue weighted by Gasteiger charge is 2.24. The molecule has 4 heteroatoms. The van der Waals surface area contributed by atoms with Gasteiger partial charge in [0.15, 0.2) is 0 Å². The van der Waals surface area contributed by atoms with E-state index in [0.29, 0.717) is 11.8 Å². The molecule has 0 saturated heterocycles. The summed E-state index contributed by atoms with van der Waals surface area (Å²) in [7, 11) is 0. The number of amides is 1. The van der Waals surface area contributed by atoms with Crippen LogP contribution in [0.4, 0.5) is 0 Å². The van der Waals surface area contributed by atoms with Gasteiger partial charge in [-0.05, 0) is 80.7 Å². The van der Waals surface area contributed by atoms with E-state index in [1.807, 2.05) is 31.2 Å². The number of benzene rings is 1. The molecule has 3 atom stereocenters. The molecule has 0 aliphatic heterocycles. The van der Waals surface area contributed by atoms with Crippen LogP contribution < -0.4 is 10.1 Å². The van der Waals surface area contributed by atoms with E-state index in [9.17, 15) is 4.79 Å². The highest BCUT2D eigenvalue weighted by Crippen LogP contribution is 2.30. The molecule has 29 heavy (non-hydrogen) atoms. The van der Waals surface area contributed by atoms with Crippen molar-refractivity contribution in [2.45, 2.75) is 77.9 Å². The molecule has 1 amide bonds. The molecule has 0 spiro atoms. The van der Waals surface area contributed by atoms with Crippen molar-refractivity contribution >= 4 is 5.91 Å². The summed E-state index contributed by atoms with van der Waals surface area (Å²) in [5.74, 6) is 1.99. The van der Waals surface area contributed by atoms with Crippen molar-refractivity contribution in [1.29, 1.82) is 0 Å². The highest BCUT2D eigenvalue weighted by atomic mass is 16.5. The largest absolute Gasteiger partial charge is 0.490 e. The van der Waals surface area contributed by atoms with Crippen LogP contribution in [-0.4, -0.2) is 17.0 Å². The number of rotatable bonds is 7. The number of nitrogens with zero attached hydrogens (tertiary/aromatic N) is 1. The molecule has 1 fully saturated rings. The minimum atomic E-state index is -0.0144. The van der Waals surface area contributed by atoms with E-state index in [-0.39, 0.29) is 18.1 Å². The summed E-state index contributed by atoms with van der Waals surface area (Å²) in [5, 5.41) is 2.91. The maximum absolute atomic E-state index is 11.2. The summed E-state index contributed by atoms with van der Waals surface area (Å²) >= 11 is 0. The Morgan fingerprint density at radius 3 is 2.59 bits per heavy atom. The van der Waals surface area contributed by atoms with Crippen molar-refractivity contribution in [2.24, 2.45) is 5.92 Å². The van der Waals surface area contributed by atoms with Crippen molar-refractivity contribution in [3.63, 3.8) is 0 Å². The second-order valence-corrected chi connectivity index (χ2v) is 8.68. The molecule has 0 bridgehead atoms. The number of carbonyl (C=O) groups is 1. The summed E-state index contributed by atoms with van der Waals surface area (Å²) in [6.45, 7) is 7.92. The fourth-order valence-electron chi connectivity index (χ4n) is 4.18. The fourth-order valence-corrected chi connectivity index (χ4v) is 4.18. The summed E-state index contributed by atoms with van der Waals surface area (Å²) in [6.07, 6.45) is 5.95. The second-order valence-electron chi connectivity index (χ2n) is 8.68. The van der Waals surface area contributed by atoms with Crippen molar-refractivity contribution < 1.29 is 9.53 Å². The van der Waals surface area contributed by atoms with E-state index >= 15 is 0 Å². The normalized spacial score (nSPS) is 20.3. The molecule has 2 aromatic rings. The summed E-state index contributed by atoms with van der Waals surface area (Å²) in [5.41, 5.74) is 3.48. The molecule has 1 saturated carbocycles. The molecular formula is C25H34N2O2. The summed E-state index contributed by atoms with van der Waals surface area (Å²) < 4.78 is 6.29. The van der Waals surface area contributed by atoms with Gasteiger partial charge in [0.25, 0.3) is 0 Å². The zero-order valence-corrected chi connectivity index (χ0v) is 18.2. The van der Waals surface area contributed by atoms with Crippen molar-refractivity contribution in [2.75, 3.05) is 0 Å². The van der Waals surface area contributed by atoms with Crippen molar-refractivity contribution in [3.05, 3.63) is 59.4 Å². The lowest BCUT2D eigenvalue weighted by molar-refractivity contribution is -0.119. The Balaban J connectivity index is 1.55. The number of pyridine rings is 1. The van der Waals surface area contributed by atoms with Crippen LogP contribution in [0.3, 0.4) is 0 Å². The Hall–Kier alpha value is -2.36. The standard InChI is InChI=1S/C25H34N2O2/c1-17(2)25-10-6-8-22(27-25)15-20-7-5-9-24(16-20)29-23-13-11-21(12-14-23)18(3)26-19(4)28/h6,8,10-14,17-18,20,24H,5,7,9,15-16H2,1-4H3,(H,26,28). The monoisotopic (exact) mass is 394 g/mol. The number of hydrogen-bond donors (Lipinski definition) is 1. The Kier molecular flexibility index (Phi) is 7.29. The van der Waals surface area contributed by atoms with Gasteiger partial charge in [0.05, 0.1) is 12.1 Å². The van der Waals surface area contributed by atoms with Crippen LogP contribution in [0.1, 0.15) is 82.3 Å². The molecule has 4 nitrogen and oxygen atoms in total. The molecule has 1 aromatic heterocycles. The van der Waals surface area contributed by atoms with Crippen LogP contribution in [0, 0.1) is 5.92 Å². The molecule has 1 N–H and O–H groups in total. The molecule has 3 unspecified atom stereocenters. The number of aromatic nitrogens is 1. The number of ether oxygens (including phenoxy) is 1. The van der Waals surface area contributed by atoms with E-state index in [2.05, 4.69) is 37.4 Å². The van der Waals surface area contributed by atoms with Crippen molar-refractivity contribution in [3.8, 4) is 5.75 Å². The Bertz CT molecular complexity index is 801. The number of nitrogens with one attached hydrogen (secondary N) is 1. The van der Waals surface area contributed by atoms with Gasteiger partial charge in [-0.1, -0.05) is 32.0 Å². The van der Waals surface area contributed by atoms with Crippen LogP contribution in [0.2, 0.25) is 0 Å². The third kappa shape index (κ3) is 6.31. The molecule has 3 rings (SSSR count). The lowest BCUT2D eigenvalue weighted by Gasteiger charge is -2.29. The molecule has 1 aliphatic rings. The second kappa shape index (κ2) is 9.91. The maximum atomic E-state index is 11.2. The predicted octanol–water partition coefficient (Wildman–Crippen LogP) is 5.58. The Morgan fingerprint density at radius 2 is 1.90 bits per heavy atom. The first-order valence-electron chi connectivity index (χ1n) is 10.9. The third-order valence-corrected chi connectivity index (χ3v) is 5.75. The lowest BCUT2D eigenvalue weighted by atomic mass is 9.84. The van der Waals surface area contributed by atoms with Gasteiger partial charge in [-0.3, -0.25) is 9.78 Å². The molecule has 0 radical (unpaired) electrons. The minimum absolute atomic E-state index is 0.00899. The van der Waals surface area contributed by atoms with E-state index in [1.165, 1.54) is 24.2 Å². The highest BCUT2D eigenvalue weighted by molar-refractivity contribution is 5.73. The number of carbonyl (C=O) groups excluding carboxylic acids is 1. The van der Waals surface area contributed by atoms with Crippen LogP contribution in [-0.2, 0) is 11.2 Å². The third-order valence-electron chi connectivity index (χ3n) is 5.75. The van der Waals surface area contributed by atoms with Gasteiger partial charge in [-0.25, -0.2) is 0 Å². The van der Waals surface area contributed by atoms with E-state index in [4.69, 9.17) is 9.72 Å². The smallest absolute Gasteiger partial charge is 0.217 e. The molecule has 1 aliphatic carbocycles. The maximum Gasteiger partial charge on any atom is 0.217 e. The first kappa shape index (κ1) is 21.4. The minimum Gasteiger partial charge on any atom is -0.490 e. The van der Waals surface area contributed by atoms with Crippen LogP contribution in [0.5, 0.6) is 5.75 Å². The van der Waals surface area contributed by atoms with Gasteiger partial charge in [-0.15, -0.1) is 0 Å². The lowest BCUT2D eigenvalue weighted by Crippen LogP contribution is -2.27. The Labute approximate surface area is 175 Å². The van der Waals surface area contributed by atoms with Crippen LogP contribution in [0.25, 0.3) is 0 Å². The van der Waals surface area contributed by atoms with Crippen LogP contribution >= 0.6 is 0 Å². The zero-order valence-electron chi connectivity index (χ0n) is 18.2. The fraction of sp³-hybridized carbons (Fsp3) is 0.520. The summed E-state index contributed by atoms with van der Waals surface area (Å²) in [4.78, 5) is 16.1. The van der Waals surface area contributed by atoms with Gasteiger partial charge in [0.2, 0.25) is 5.91 Å². The molecule has 156 valence electrons. The SMILES string of the molecule is CC(=O)NC(C)c1ccc(OC2CCCC(Cc3cccc(C(C)C)n3)C2)cc1. The first-order chi connectivity index (χ1) is 13.9. The molecule has 1 heterocycles. The average molecular weight is 395 g/mol. The van der Waals surface area contributed by atoms with Gasteiger partial charge in [-0.2, -0.15) is 0 Å². The molecular weight excluding hydrogens is 360 g/mol. The predicted molar refractivity (Wildman–Crippen MR) is 117 cm³/mol. The summed E-state index contributed by atoms with van der Waals surface area (Å²) in [6, 6.07) is 14.5. The quantitative estimate of drug-likeness (QED) is 0.667. The van der Waals surface area contributed by atoms with Crippen LogP contribution in [0.15, 0.2) is 42.5 Å². The molecule has 1 aromatic carbocycles. The number of hydrogen-bond acceptors (Lipinski definition) is 3. The van der Waals surface area contributed by atoms with E-state index in [1.54, 1.807) is 6.92 Å². The van der Waals surface area contributed by atoms with E-state index in [0.717, 1.165) is 30.6 Å². The van der Waals surface area contributed by atoms with Crippen molar-refractivity contribution in [1.82, 2.24) is 10.3 Å². The average Bonchev–Trinajstić information content (AvgIpc) is 2.68. The first-order valence-corrected chi connectivity index (χ1v) is 10.9. The van der Waals surface area contributed by atoms with Gasteiger partial charge in [0, 0.05) is 18.3 Å². The topological polar surface area (TPSA) is 51.2 Å². The van der Waals surface area contributed by atoms with E-state index < -0.39 is 0 Å². The zero-order chi connectivity index (χ0) is 20.8.